The van der Waals surface area contributed by atoms with Gasteiger partial charge in [-0.05, 0) is 44.4 Å². The number of ether oxygens (including phenoxy) is 1. The lowest BCUT2D eigenvalue weighted by Crippen LogP contribution is -2.35. The molecule has 0 aromatic carbocycles. The summed E-state index contributed by atoms with van der Waals surface area (Å²) in [6.45, 7) is 7.50. The van der Waals surface area contributed by atoms with E-state index in [2.05, 4.69) is 20.8 Å². The van der Waals surface area contributed by atoms with Crippen LogP contribution in [0.15, 0.2) is 0 Å². The van der Waals surface area contributed by atoms with Gasteiger partial charge in [0.15, 0.2) is 0 Å². The predicted molar refractivity (Wildman–Crippen MR) is 69.4 cm³/mol. The van der Waals surface area contributed by atoms with Crippen LogP contribution in [-0.4, -0.2) is 18.8 Å². The molecule has 1 atom stereocenters. The first-order chi connectivity index (χ1) is 7.61. The van der Waals surface area contributed by atoms with E-state index in [1.165, 1.54) is 38.5 Å². The molecule has 1 aliphatic rings. The molecule has 1 fully saturated rings. The fraction of sp³-hybridized carbons (Fsp3) is 1.00. The summed E-state index contributed by atoms with van der Waals surface area (Å²) in [5, 5.41) is 0. The molecule has 0 amide bonds. The summed E-state index contributed by atoms with van der Waals surface area (Å²) in [5.41, 5.74) is 6.15. The zero-order chi connectivity index (χ0) is 12.0. The monoisotopic (exact) mass is 227 g/mol. The van der Waals surface area contributed by atoms with Crippen LogP contribution in [0.5, 0.6) is 0 Å². The fourth-order valence-corrected chi connectivity index (χ4v) is 2.57. The highest BCUT2D eigenvalue weighted by atomic mass is 16.5. The molecule has 0 aromatic rings. The highest BCUT2D eigenvalue weighted by Crippen LogP contribution is 2.33. The zero-order valence-corrected chi connectivity index (χ0v) is 11.2. The number of hydrogen-bond donors (Lipinski definition) is 1. The van der Waals surface area contributed by atoms with E-state index in [0.29, 0.717) is 12.1 Å². The molecule has 2 N–H and O–H groups in total. The van der Waals surface area contributed by atoms with Crippen molar-refractivity contribution in [2.45, 2.75) is 71.4 Å². The first-order valence-corrected chi connectivity index (χ1v) is 6.99. The van der Waals surface area contributed by atoms with E-state index in [4.69, 9.17) is 10.5 Å². The van der Waals surface area contributed by atoms with Gasteiger partial charge in [-0.1, -0.05) is 26.7 Å². The van der Waals surface area contributed by atoms with Crippen molar-refractivity contribution in [2.75, 3.05) is 6.61 Å². The average molecular weight is 227 g/mol. The molecular weight excluding hydrogens is 198 g/mol. The van der Waals surface area contributed by atoms with Crippen LogP contribution in [0.2, 0.25) is 0 Å². The zero-order valence-electron chi connectivity index (χ0n) is 11.2. The molecule has 0 saturated heterocycles. The maximum absolute atomic E-state index is 6.15. The standard InChI is InChI=1S/C14H29NO/c1-4-16-14-9-12(10-14)8-13(15)7-5-6-11(2)3/h11-14H,4-10,15H2,1-3H3. The minimum absolute atomic E-state index is 0.423. The van der Waals surface area contributed by atoms with Crippen LogP contribution in [0.25, 0.3) is 0 Å². The van der Waals surface area contributed by atoms with Crippen molar-refractivity contribution in [3.8, 4) is 0 Å². The maximum Gasteiger partial charge on any atom is 0.0580 e. The van der Waals surface area contributed by atoms with E-state index >= 15 is 0 Å². The molecule has 2 nitrogen and oxygen atoms in total. The number of rotatable bonds is 8. The van der Waals surface area contributed by atoms with Gasteiger partial charge in [0.25, 0.3) is 0 Å². The number of nitrogens with two attached hydrogens (primary N) is 1. The molecule has 1 saturated carbocycles. The Bertz CT molecular complexity index is 176. The third-order valence-corrected chi connectivity index (χ3v) is 3.59. The predicted octanol–water partition coefficient (Wildman–Crippen LogP) is 3.35. The lowest BCUT2D eigenvalue weighted by molar-refractivity contribution is -0.0283. The van der Waals surface area contributed by atoms with Gasteiger partial charge in [-0.2, -0.15) is 0 Å². The second-order valence-corrected chi connectivity index (χ2v) is 5.74. The quantitative estimate of drug-likeness (QED) is 0.690. The summed E-state index contributed by atoms with van der Waals surface area (Å²) in [6.07, 6.45) is 8.05. The molecule has 1 aliphatic carbocycles. The molecule has 0 aromatic heterocycles. The topological polar surface area (TPSA) is 35.2 Å². The van der Waals surface area contributed by atoms with E-state index < -0.39 is 0 Å². The van der Waals surface area contributed by atoms with Crippen molar-refractivity contribution in [3.63, 3.8) is 0 Å². The van der Waals surface area contributed by atoms with E-state index in [9.17, 15) is 0 Å². The highest BCUT2D eigenvalue weighted by molar-refractivity contribution is 4.83. The van der Waals surface area contributed by atoms with E-state index in [0.717, 1.165) is 18.4 Å². The fourth-order valence-electron chi connectivity index (χ4n) is 2.57. The molecule has 0 radical (unpaired) electrons. The van der Waals surface area contributed by atoms with Crippen LogP contribution in [0.1, 0.15) is 59.3 Å². The first kappa shape index (κ1) is 14.0. The van der Waals surface area contributed by atoms with E-state index in [1.807, 2.05) is 0 Å². The lowest BCUT2D eigenvalue weighted by atomic mass is 9.77. The SMILES string of the molecule is CCOC1CC(CC(N)CCCC(C)C)C1. The van der Waals surface area contributed by atoms with Gasteiger partial charge in [0, 0.05) is 12.6 Å². The minimum atomic E-state index is 0.423. The van der Waals surface area contributed by atoms with Crippen molar-refractivity contribution < 1.29 is 4.74 Å². The second kappa shape index (κ2) is 7.29. The molecule has 16 heavy (non-hydrogen) atoms. The first-order valence-electron chi connectivity index (χ1n) is 6.99. The molecule has 1 rings (SSSR count). The molecule has 96 valence electrons. The Labute approximate surface area is 101 Å². The van der Waals surface area contributed by atoms with Crippen LogP contribution in [0.4, 0.5) is 0 Å². The summed E-state index contributed by atoms with van der Waals surface area (Å²) in [7, 11) is 0. The van der Waals surface area contributed by atoms with Gasteiger partial charge in [-0.25, -0.2) is 0 Å². The summed E-state index contributed by atoms with van der Waals surface area (Å²) in [4.78, 5) is 0. The van der Waals surface area contributed by atoms with Gasteiger partial charge in [-0.3, -0.25) is 0 Å². The normalized spacial score (nSPS) is 26.8. The van der Waals surface area contributed by atoms with Crippen LogP contribution < -0.4 is 5.73 Å². The van der Waals surface area contributed by atoms with Crippen LogP contribution in [-0.2, 0) is 4.74 Å². The molecule has 1 unspecified atom stereocenters. The largest absolute Gasteiger partial charge is 0.378 e. The third kappa shape index (κ3) is 5.31. The second-order valence-electron chi connectivity index (χ2n) is 5.74. The Morgan fingerprint density at radius 3 is 2.50 bits per heavy atom. The summed E-state index contributed by atoms with van der Waals surface area (Å²) in [6, 6.07) is 0.423. The molecule has 0 heterocycles. The molecule has 0 bridgehead atoms. The highest BCUT2D eigenvalue weighted by Gasteiger charge is 2.30. The van der Waals surface area contributed by atoms with Crippen molar-refractivity contribution >= 4 is 0 Å². The molecular formula is C14H29NO. The van der Waals surface area contributed by atoms with Crippen molar-refractivity contribution in [3.05, 3.63) is 0 Å². The average Bonchev–Trinajstić information content (AvgIpc) is 2.14. The van der Waals surface area contributed by atoms with Gasteiger partial charge < -0.3 is 10.5 Å². The number of hydrogen-bond acceptors (Lipinski definition) is 2. The Morgan fingerprint density at radius 1 is 1.25 bits per heavy atom. The lowest BCUT2D eigenvalue weighted by Gasteiger charge is -2.36. The minimum Gasteiger partial charge on any atom is -0.378 e. The Hall–Kier alpha value is -0.0800. The summed E-state index contributed by atoms with van der Waals surface area (Å²) >= 11 is 0. The molecule has 2 heteroatoms. The van der Waals surface area contributed by atoms with Crippen LogP contribution in [0.3, 0.4) is 0 Å². The van der Waals surface area contributed by atoms with Gasteiger partial charge in [0.2, 0.25) is 0 Å². The molecule has 0 spiro atoms. The summed E-state index contributed by atoms with van der Waals surface area (Å²) in [5.74, 6) is 1.66. The molecule has 0 aliphatic heterocycles. The van der Waals surface area contributed by atoms with Gasteiger partial charge in [0.1, 0.15) is 0 Å². The Balaban J connectivity index is 1.97. The van der Waals surface area contributed by atoms with Crippen molar-refractivity contribution in [2.24, 2.45) is 17.6 Å². The van der Waals surface area contributed by atoms with Crippen LogP contribution >= 0.6 is 0 Å². The van der Waals surface area contributed by atoms with Crippen LogP contribution in [0, 0.1) is 11.8 Å². The Morgan fingerprint density at radius 2 is 1.94 bits per heavy atom. The third-order valence-electron chi connectivity index (χ3n) is 3.59. The summed E-state index contributed by atoms with van der Waals surface area (Å²) < 4.78 is 5.56. The van der Waals surface area contributed by atoms with E-state index in [-0.39, 0.29) is 0 Å². The smallest absolute Gasteiger partial charge is 0.0580 e. The van der Waals surface area contributed by atoms with Gasteiger partial charge >= 0.3 is 0 Å². The van der Waals surface area contributed by atoms with Gasteiger partial charge in [0.05, 0.1) is 6.10 Å². The van der Waals surface area contributed by atoms with Gasteiger partial charge in [-0.15, -0.1) is 0 Å². The Kier molecular flexibility index (Phi) is 6.37. The van der Waals surface area contributed by atoms with Crippen molar-refractivity contribution in [1.82, 2.24) is 0 Å². The maximum atomic E-state index is 6.15. The van der Waals surface area contributed by atoms with Crippen molar-refractivity contribution in [1.29, 1.82) is 0 Å². The van der Waals surface area contributed by atoms with E-state index in [1.54, 1.807) is 0 Å².